The van der Waals surface area contributed by atoms with E-state index in [0.29, 0.717) is 56.8 Å². The molecule has 0 fully saturated rings. The minimum absolute atomic E-state index is 0.142. The van der Waals surface area contributed by atoms with Gasteiger partial charge in [0.2, 0.25) is 0 Å². The van der Waals surface area contributed by atoms with Crippen LogP contribution < -0.4 is 9.47 Å². The third-order valence-corrected chi connectivity index (χ3v) is 4.50. The molecule has 2 aromatic carbocycles. The van der Waals surface area contributed by atoms with E-state index in [9.17, 15) is 19.8 Å². The van der Waals surface area contributed by atoms with Crippen LogP contribution in [0.5, 0.6) is 23.0 Å². The van der Waals surface area contributed by atoms with Crippen LogP contribution >= 0.6 is 0 Å². The number of ketones is 2. The fraction of sp³-hybridized carbons (Fsp3) is 0.440. The number of rotatable bonds is 11. The van der Waals surface area contributed by atoms with E-state index in [1.165, 1.54) is 0 Å². The van der Waals surface area contributed by atoms with Crippen LogP contribution in [0.1, 0.15) is 58.1 Å². The van der Waals surface area contributed by atoms with E-state index in [1.54, 1.807) is 37.3 Å². The number of phenols is 2. The summed E-state index contributed by atoms with van der Waals surface area (Å²) in [6.07, 6.45) is 3.04. The predicted octanol–water partition coefficient (Wildman–Crippen LogP) is 5.02. The molecule has 0 atom stereocenters. The van der Waals surface area contributed by atoms with Gasteiger partial charge in [0, 0.05) is 19.3 Å². The number of aryl methyl sites for hydroxylation is 2. The Bertz CT molecular complexity index is 844. The highest BCUT2D eigenvalue weighted by Crippen LogP contribution is 2.28. The van der Waals surface area contributed by atoms with Crippen LogP contribution in [0, 0.1) is 0 Å². The van der Waals surface area contributed by atoms with Gasteiger partial charge in [0.25, 0.3) is 0 Å². The van der Waals surface area contributed by atoms with Crippen LogP contribution in [0.15, 0.2) is 36.4 Å². The van der Waals surface area contributed by atoms with Crippen molar-refractivity contribution < 1.29 is 29.3 Å². The van der Waals surface area contributed by atoms with Gasteiger partial charge in [0.05, 0.1) is 13.2 Å². The molecular formula is C25H34O6. The van der Waals surface area contributed by atoms with E-state index in [4.69, 9.17) is 9.47 Å². The first-order valence-electron chi connectivity index (χ1n) is 10.7. The first-order valence-corrected chi connectivity index (χ1v) is 10.7. The largest absolute Gasteiger partial charge is 0.504 e. The van der Waals surface area contributed by atoms with Gasteiger partial charge in [-0.15, -0.1) is 0 Å². The van der Waals surface area contributed by atoms with E-state index in [-0.39, 0.29) is 23.1 Å². The minimum Gasteiger partial charge on any atom is -0.504 e. The highest BCUT2D eigenvalue weighted by atomic mass is 16.5. The Morgan fingerprint density at radius 3 is 1.61 bits per heavy atom. The lowest BCUT2D eigenvalue weighted by Crippen LogP contribution is -1.98. The summed E-state index contributed by atoms with van der Waals surface area (Å²) in [6.45, 7) is 8.21. The second-order valence-corrected chi connectivity index (χ2v) is 7.06. The lowest BCUT2D eigenvalue weighted by molar-refractivity contribution is -0.119. The van der Waals surface area contributed by atoms with Crippen molar-refractivity contribution in [3.8, 4) is 23.0 Å². The quantitative estimate of drug-likeness (QED) is 0.520. The lowest BCUT2D eigenvalue weighted by Gasteiger charge is -2.07. The second kappa shape index (κ2) is 14.1. The van der Waals surface area contributed by atoms with Crippen molar-refractivity contribution in [2.75, 3.05) is 13.2 Å². The summed E-state index contributed by atoms with van der Waals surface area (Å²) in [5.41, 5.74) is 2.02. The summed E-state index contributed by atoms with van der Waals surface area (Å²) in [7, 11) is 0. The molecule has 0 spiro atoms. The smallest absolute Gasteiger partial charge is 0.161 e. The molecule has 0 amide bonds. The fourth-order valence-electron chi connectivity index (χ4n) is 2.75. The standard InChI is InChI=1S/C13H18O3.C12H16O3/c1-3-11(14)7-5-10-6-8-12(15)13(9-10)16-4-2;1-3-15-12-8-10(5-4-9(2)13)6-7-11(12)14/h6,8-9,15H,3-5,7H2,1-2H3;6-8,14H,3-5H2,1-2H3. The number of Topliss-reactive ketones (excluding diaryl/α,β-unsaturated/α-hetero) is 2. The summed E-state index contributed by atoms with van der Waals surface area (Å²) in [4.78, 5) is 22.0. The molecule has 6 heteroatoms. The first-order chi connectivity index (χ1) is 14.8. The Kier molecular flexibility index (Phi) is 11.8. The number of phenolic OH excluding ortho intramolecular Hbond substituents is 2. The second-order valence-electron chi connectivity index (χ2n) is 7.06. The normalized spacial score (nSPS) is 10.1. The highest BCUT2D eigenvalue weighted by Gasteiger charge is 2.06. The van der Waals surface area contributed by atoms with Crippen LogP contribution in [-0.4, -0.2) is 35.0 Å². The van der Waals surface area contributed by atoms with Gasteiger partial charge in [-0.2, -0.15) is 0 Å². The van der Waals surface area contributed by atoms with E-state index in [2.05, 4.69) is 0 Å². The average molecular weight is 431 g/mol. The Morgan fingerprint density at radius 1 is 0.774 bits per heavy atom. The zero-order valence-corrected chi connectivity index (χ0v) is 18.9. The summed E-state index contributed by atoms with van der Waals surface area (Å²) >= 11 is 0. The third kappa shape index (κ3) is 10.0. The van der Waals surface area contributed by atoms with E-state index in [0.717, 1.165) is 11.1 Å². The topological polar surface area (TPSA) is 93.1 Å². The number of ether oxygens (including phenoxy) is 2. The van der Waals surface area contributed by atoms with Crippen LogP contribution in [0.3, 0.4) is 0 Å². The number of hydrogen-bond acceptors (Lipinski definition) is 6. The van der Waals surface area contributed by atoms with Crippen molar-refractivity contribution in [1.29, 1.82) is 0 Å². The predicted molar refractivity (Wildman–Crippen MR) is 121 cm³/mol. The average Bonchev–Trinajstić information content (AvgIpc) is 2.75. The Morgan fingerprint density at radius 2 is 1.23 bits per heavy atom. The van der Waals surface area contributed by atoms with Crippen molar-refractivity contribution in [2.45, 2.75) is 59.8 Å². The summed E-state index contributed by atoms with van der Waals surface area (Å²) in [5, 5.41) is 18.9. The molecule has 2 aromatic rings. The molecule has 0 unspecified atom stereocenters. The molecule has 0 aliphatic carbocycles. The SMILES string of the molecule is CCOc1cc(CCC(=O)CC)ccc1O.CCOc1cc(CCC(C)=O)ccc1O. The van der Waals surface area contributed by atoms with Crippen LogP contribution in [0.25, 0.3) is 0 Å². The summed E-state index contributed by atoms with van der Waals surface area (Å²) < 4.78 is 10.5. The van der Waals surface area contributed by atoms with Gasteiger partial charge in [-0.3, -0.25) is 4.79 Å². The molecule has 0 bridgehead atoms. The zero-order valence-electron chi connectivity index (χ0n) is 18.9. The number of hydrogen-bond donors (Lipinski definition) is 2. The van der Waals surface area contributed by atoms with Gasteiger partial charge >= 0.3 is 0 Å². The molecule has 2 N–H and O–H groups in total. The van der Waals surface area contributed by atoms with Gasteiger partial charge in [-0.05, 0) is 69.0 Å². The minimum atomic E-state index is 0.142. The van der Waals surface area contributed by atoms with Crippen molar-refractivity contribution in [2.24, 2.45) is 0 Å². The maximum absolute atomic E-state index is 11.2. The van der Waals surface area contributed by atoms with E-state index in [1.807, 2.05) is 26.8 Å². The van der Waals surface area contributed by atoms with Crippen LogP contribution in [-0.2, 0) is 22.4 Å². The maximum Gasteiger partial charge on any atom is 0.161 e. The number of carbonyl (C=O) groups is 2. The Balaban J connectivity index is 0.000000311. The van der Waals surface area contributed by atoms with E-state index >= 15 is 0 Å². The monoisotopic (exact) mass is 430 g/mol. The molecule has 31 heavy (non-hydrogen) atoms. The molecular weight excluding hydrogens is 396 g/mol. The number of carbonyl (C=O) groups excluding carboxylic acids is 2. The van der Waals surface area contributed by atoms with Crippen molar-refractivity contribution >= 4 is 11.6 Å². The van der Waals surface area contributed by atoms with Crippen molar-refractivity contribution in [3.63, 3.8) is 0 Å². The van der Waals surface area contributed by atoms with Crippen LogP contribution in [0.4, 0.5) is 0 Å². The maximum atomic E-state index is 11.2. The Hall–Kier alpha value is -3.02. The van der Waals surface area contributed by atoms with Gasteiger partial charge in [0.15, 0.2) is 23.0 Å². The van der Waals surface area contributed by atoms with Crippen LogP contribution in [0.2, 0.25) is 0 Å². The lowest BCUT2D eigenvalue weighted by atomic mass is 10.1. The molecule has 0 saturated carbocycles. The molecule has 0 saturated heterocycles. The molecule has 0 heterocycles. The molecule has 170 valence electrons. The number of benzene rings is 2. The molecule has 0 aromatic heterocycles. The Labute approximate surface area is 184 Å². The van der Waals surface area contributed by atoms with E-state index < -0.39 is 0 Å². The van der Waals surface area contributed by atoms with Gasteiger partial charge in [-0.25, -0.2) is 0 Å². The van der Waals surface area contributed by atoms with Gasteiger partial charge in [-0.1, -0.05) is 19.1 Å². The molecule has 2 rings (SSSR count). The molecule has 0 aliphatic rings. The van der Waals surface area contributed by atoms with Crippen molar-refractivity contribution in [1.82, 2.24) is 0 Å². The highest BCUT2D eigenvalue weighted by molar-refractivity contribution is 5.78. The molecule has 0 aliphatic heterocycles. The van der Waals surface area contributed by atoms with Gasteiger partial charge in [0.1, 0.15) is 11.6 Å². The first kappa shape index (κ1) is 26.0. The molecule has 6 nitrogen and oxygen atoms in total. The summed E-state index contributed by atoms with van der Waals surface area (Å²) in [5.74, 6) is 1.69. The number of aromatic hydroxyl groups is 2. The van der Waals surface area contributed by atoms with Crippen molar-refractivity contribution in [3.05, 3.63) is 47.5 Å². The third-order valence-electron chi connectivity index (χ3n) is 4.50. The fourth-order valence-corrected chi connectivity index (χ4v) is 2.75. The molecule has 0 radical (unpaired) electrons. The van der Waals surface area contributed by atoms with Gasteiger partial charge < -0.3 is 24.5 Å². The zero-order chi connectivity index (χ0) is 23.2. The summed E-state index contributed by atoms with van der Waals surface area (Å²) in [6, 6.07) is 10.4.